The third kappa shape index (κ3) is 3.01. The first-order chi connectivity index (χ1) is 6.24. The molecule has 0 aromatic carbocycles. The van der Waals surface area contributed by atoms with Crippen LogP contribution in [0.2, 0.25) is 0 Å². The first-order valence-electron chi connectivity index (χ1n) is 4.78. The van der Waals surface area contributed by atoms with E-state index in [0.717, 1.165) is 23.8 Å². The molecule has 13 heavy (non-hydrogen) atoms. The van der Waals surface area contributed by atoms with Gasteiger partial charge in [0, 0.05) is 18.3 Å². The Hall–Kier alpha value is -1.12. The number of hydrogen-bond donors (Lipinski definition) is 1. The third-order valence-electron chi connectivity index (χ3n) is 1.91. The lowest BCUT2D eigenvalue weighted by Crippen LogP contribution is -2.06. The molecule has 3 heteroatoms. The fourth-order valence-electron chi connectivity index (χ4n) is 1.09. The first kappa shape index (κ1) is 9.96. The number of aromatic nitrogens is 2. The van der Waals surface area contributed by atoms with Crippen molar-refractivity contribution in [2.24, 2.45) is 0 Å². The van der Waals surface area contributed by atoms with Crippen LogP contribution in [-0.2, 0) is 0 Å². The van der Waals surface area contributed by atoms with E-state index in [1.54, 1.807) is 0 Å². The van der Waals surface area contributed by atoms with Crippen molar-refractivity contribution in [1.29, 1.82) is 0 Å². The van der Waals surface area contributed by atoms with Crippen LogP contribution in [0, 0.1) is 13.8 Å². The summed E-state index contributed by atoms with van der Waals surface area (Å²) in [6, 6.07) is 0. The normalized spacial score (nSPS) is 10.1. The van der Waals surface area contributed by atoms with Gasteiger partial charge in [-0.3, -0.25) is 0 Å². The van der Waals surface area contributed by atoms with Crippen molar-refractivity contribution in [2.45, 2.75) is 33.6 Å². The van der Waals surface area contributed by atoms with Gasteiger partial charge in [-0.15, -0.1) is 0 Å². The van der Waals surface area contributed by atoms with Crippen molar-refractivity contribution >= 4 is 5.82 Å². The highest BCUT2D eigenvalue weighted by Crippen LogP contribution is 2.09. The van der Waals surface area contributed by atoms with E-state index < -0.39 is 0 Å². The molecule has 0 aliphatic rings. The molecule has 72 valence electrons. The maximum atomic E-state index is 4.32. The molecule has 0 aliphatic heterocycles. The molecule has 0 spiro atoms. The number of nitrogens with one attached hydrogen (secondary N) is 1. The van der Waals surface area contributed by atoms with Gasteiger partial charge >= 0.3 is 0 Å². The molecule has 3 nitrogen and oxygen atoms in total. The van der Waals surface area contributed by atoms with Crippen molar-refractivity contribution in [1.82, 2.24) is 9.97 Å². The van der Waals surface area contributed by atoms with Crippen LogP contribution in [-0.4, -0.2) is 16.5 Å². The molecule has 0 radical (unpaired) electrons. The van der Waals surface area contributed by atoms with Gasteiger partial charge in [0.2, 0.25) is 0 Å². The highest BCUT2D eigenvalue weighted by Gasteiger charge is 1.99. The quantitative estimate of drug-likeness (QED) is 0.721. The Morgan fingerprint density at radius 2 is 2.15 bits per heavy atom. The van der Waals surface area contributed by atoms with E-state index in [-0.39, 0.29) is 0 Å². The molecule has 1 rings (SSSR count). The van der Waals surface area contributed by atoms with Gasteiger partial charge in [0.1, 0.15) is 11.6 Å². The minimum Gasteiger partial charge on any atom is -0.370 e. The molecule has 1 aromatic heterocycles. The number of rotatable bonds is 4. The number of nitrogens with zero attached hydrogens (tertiary/aromatic N) is 2. The fraction of sp³-hybridized carbons (Fsp3) is 0.600. The van der Waals surface area contributed by atoms with E-state index in [1.807, 2.05) is 20.0 Å². The van der Waals surface area contributed by atoms with E-state index in [0.29, 0.717) is 0 Å². The molecule has 0 bridgehead atoms. The lowest BCUT2D eigenvalue weighted by Gasteiger charge is -2.07. The van der Waals surface area contributed by atoms with E-state index in [4.69, 9.17) is 0 Å². The molecular weight excluding hydrogens is 162 g/mol. The van der Waals surface area contributed by atoms with E-state index >= 15 is 0 Å². The molecule has 1 N–H and O–H groups in total. The summed E-state index contributed by atoms with van der Waals surface area (Å²) in [5.74, 6) is 1.80. The predicted octanol–water partition coefficient (Wildman–Crippen LogP) is 2.31. The molecule has 0 aliphatic carbocycles. The molecule has 1 heterocycles. The number of unbranched alkanes of at least 4 members (excludes halogenated alkanes) is 1. The van der Waals surface area contributed by atoms with Gasteiger partial charge in [-0.05, 0) is 20.3 Å². The maximum absolute atomic E-state index is 4.32. The highest BCUT2D eigenvalue weighted by atomic mass is 15.0. The van der Waals surface area contributed by atoms with E-state index in [2.05, 4.69) is 22.2 Å². The van der Waals surface area contributed by atoms with Crippen molar-refractivity contribution in [2.75, 3.05) is 11.9 Å². The Labute approximate surface area is 79.6 Å². The van der Waals surface area contributed by atoms with Crippen LogP contribution in [0.1, 0.15) is 31.2 Å². The first-order valence-corrected chi connectivity index (χ1v) is 4.78. The van der Waals surface area contributed by atoms with Crippen molar-refractivity contribution in [3.63, 3.8) is 0 Å². The van der Waals surface area contributed by atoms with Gasteiger partial charge in [-0.25, -0.2) is 9.97 Å². The predicted molar refractivity (Wildman–Crippen MR) is 54.9 cm³/mol. The summed E-state index contributed by atoms with van der Waals surface area (Å²) in [7, 11) is 0. The van der Waals surface area contributed by atoms with Crippen LogP contribution in [0.25, 0.3) is 0 Å². The zero-order valence-electron chi connectivity index (χ0n) is 8.59. The number of hydrogen-bond acceptors (Lipinski definition) is 3. The monoisotopic (exact) mass is 179 g/mol. The van der Waals surface area contributed by atoms with E-state index in [1.165, 1.54) is 12.8 Å². The molecule has 0 unspecified atom stereocenters. The zero-order valence-corrected chi connectivity index (χ0v) is 8.59. The Kier molecular flexibility index (Phi) is 3.68. The van der Waals surface area contributed by atoms with E-state index in [9.17, 15) is 0 Å². The summed E-state index contributed by atoms with van der Waals surface area (Å²) in [6.07, 6.45) is 4.25. The zero-order chi connectivity index (χ0) is 9.68. The van der Waals surface area contributed by atoms with Crippen LogP contribution in [0.4, 0.5) is 5.82 Å². The van der Waals surface area contributed by atoms with Gasteiger partial charge in [0.25, 0.3) is 0 Å². The Bertz CT molecular complexity index is 271. The van der Waals surface area contributed by atoms with Crippen LogP contribution in [0.5, 0.6) is 0 Å². The summed E-state index contributed by atoms with van der Waals surface area (Å²) >= 11 is 0. The largest absolute Gasteiger partial charge is 0.370 e. The molecular formula is C10H17N3. The average molecular weight is 179 g/mol. The van der Waals surface area contributed by atoms with Crippen LogP contribution >= 0.6 is 0 Å². The number of anilines is 1. The second-order valence-corrected chi connectivity index (χ2v) is 3.23. The summed E-state index contributed by atoms with van der Waals surface area (Å²) in [6.45, 7) is 7.10. The van der Waals surface area contributed by atoms with Crippen LogP contribution < -0.4 is 5.32 Å². The second-order valence-electron chi connectivity index (χ2n) is 3.23. The Balaban J connectivity index is 2.59. The summed E-state index contributed by atoms with van der Waals surface area (Å²) < 4.78 is 0. The van der Waals surface area contributed by atoms with Crippen molar-refractivity contribution < 1.29 is 0 Å². The molecule has 0 fully saturated rings. The SMILES string of the molecule is CCCCNc1nc(C)ncc1C. The van der Waals surface area contributed by atoms with Crippen molar-refractivity contribution in [3.8, 4) is 0 Å². The number of aryl methyl sites for hydroxylation is 2. The molecule has 0 saturated heterocycles. The van der Waals surface area contributed by atoms with Gasteiger partial charge < -0.3 is 5.32 Å². The van der Waals surface area contributed by atoms with Gasteiger partial charge in [0.05, 0.1) is 0 Å². The summed E-state index contributed by atoms with van der Waals surface area (Å²) in [4.78, 5) is 8.44. The fourth-order valence-corrected chi connectivity index (χ4v) is 1.09. The Morgan fingerprint density at radius 1 is 1.38 bits per heavy atom. The Morgan fingerprint density at radius 3 is 2.85 bits per heavy atom. The van der Waals surface area contributed by atoms with Gasteiger partial charge in [-0.2, -0.15) is 0 Å². The maximum Gasteiger partial charge on any atom is 0.132 e. The minimum absolute atomic E-state index is 0.824. The smallest absolute Gasteiger partial charge is 0.132 e. The summed E-state index contributed by atoms with van der Waals surface area (Å²) in [5, 5.41) is 3.30. The molecule has 0 atom stereocenters. The van der Waals surface area contributed by atoms with Crippen LogP contribution in [0.15, 0.2) is 6.20 Å². The molecule has 0 amide bonds. The lowest BCUT2D eigenvalue weighted by molar-refractivity contribution is 0.827. The standard InChI is InChI=1S/C10H17N3/c1-4-5-6-11-10-8(2)7-12-9(3)13-10/h7H,4-6H2,1-3H3,(H,11,12,13). The topological polar surface area (TPSA) is 37.8 Å². The van der Waals surface area contributed by atoms with Crippen LogP contribution in [0.3, 0.4) is 0 Å². The second kappa shape index (κ2) is 4.80. The van der Waals surface area contributed by atoms with Crippen molar-refractivity contribution in [3.05, 3.63) is 17.6 Å². The lowest BCUT2D eigenvalue weighted by atomic mass is 10.3. The van der Waals surface area contributed by atoms with Gasteiger partial charge in [-0.1, -0.05) is 13.3 Å². The third-order valence-corrected chi connectivity index (χ3v) is 1.91. The average Bonchev–Trinajstić information content (AvgIpc) is 2.11. The minimum atomic E-state index is 0.824. The summed E-state index contributed by atoms with van der Waals surface area (Å²) in [5.41, 5.74) is 1.11. The van der Waals surface area contributed by atoms with Gasteiger partial charge in [0.15, 0.2) is 0 Å². The highest BCUT2D eigenvalue weighted by molar-refractivity contribution is 5.41. The molecule has 1 aromatic rings. The molecule has 0 saturated carbocycles.